The number of carbonyl (C=O) groups excluding carboxylic acids is 8. The van der Waals surface area contributed by atoms with Crippen molar-refractivity contribution in [2.24, 2.45) is 17.4 Å². The third kappa shape index (κ3) is 10.8. The van der Waals surface area contributed by atoms with E-state index in [9.17, 15) is 43.5 Å². The summed E-state index contributed by atoms with van der Waals surface area (Å²) in [5.41, 5.74) is 10.8. The van der Waals surface area contributed by atoms with Crippen LogP contribution < -0.4 is 38.1 Å². The highest BCUT2D eigenvalue weighted by Crippen LogP contribution is 2.18. The quantitative estimate of drug-likeness (QED) is 0.0779. The zero-order chi connectivity index (χ0) is 34.6. The number of nitrogens with one attached hydrogen (secondary N) is 6. The predicted molar refractivity (Wildman–Crippen MR) is 158 cm³/mol. The molecular weight excluding hydrogens is 608 g/mol. The molecule has 0 bridgehead atoms. The molecule has 1 saturated heterocycles. The predicted octanol–water partition coefficient (Wildman–Crippen LogP) is -4.45. The van der Waals surface area contributed by atoms with E-state index in [4.69, 9.17) is 11.5 Å². The number of aliphatic hydroxyl groups is 1. The number of aromatic amines is 1. The van der Waals surface area contributed by atoms with Crippen LogP contribution in [0.25, 0.3) is 0 Å². The van der Waals surface area contributed by atoms with Crippen molar-refractivity contribution in [1.82, 2.24) is 41.5 Å². The van der Waals surface area contributed by atoms with Gasteiger partial charge in [-0.3, -0.25) is 38.4 Å². The van der Waals surface area contributed by atoms with E-state index in [1.54, 1.807) is 13.8 Å². The lowest BCUT2D eigenvalue weighted by molar-refractivity contribution is -0.140. The Labute approximate surface area is 264 Å². The average molecular weight is 651 g/mol. The highest BCUT2D eigenvalue weighted by Gasteiger charge is 2.37. The number of aromatic nitrogens is 2. The number of nitrogens with zero attached hydrogens (tertiary/aromatic N) is 2. The summed E-state index contributed by atoms with van der Waals surface area (Å²) >= 11 is 0. The van der Waals surface area contributed by atoms with Gasteiger partial charge in [-0.25, -0.2) is 4.98 Å². The lowest BCUT2D eigenvalue weighted by Crippen LogP contribution is -2.57. The highest BCUT2D eigenvalue weighted by molar-refractivity contribution is 5.96. The number of amides is 8. The van der Waals surface area contributed by atoms with E-state index in [1.807, 2.05) is 0 Å². The van der Waals surface area contributed by atoms with Crippen LogP contribution in [0.1, 0.15) is 58.2 Å². The van der Waals surface area contributed by atoms with Crippen LogP contribution in [0.2, 0.25) is 0 Å². The lowest BCUT2D eigenvalue weighted by atomic mass is 10.0. The van der Waals surface area contributed by atoms with Crippen LogP contribution in [0.5, 0.6) is 0 Å². The van der Waals surface area contributed by atoms with Gasteiger partial charge in [0.1, 0.15) is 30.2 Å². The fraction of sp³-hybridized carbons (Fsp3) is 0.593. The maximum Gasteiger partial charge on any atom is 0.249 e. The topological polar surface area (TPSA) is 301 Å². The molecule has 0 saturated carbocycles. The summed E-state index contributed by atoms with van der Waals surface area (Å²) in [6.07, 6.45) is 2.76. The fourth-order valence-electron chi connectivity index (χ4n) is 4.73. The number of hydrogen-bond acceptors (Lipinski definition) is 10. The van der Waals surface area contributed by atoms with E-state index in [-0.39, 0.29) is 31.0 Å². The Balaban J connectivity index is 2.05. The molecule has 46 heavy (non-hydrogen) atoms. The van der Waals surface area contributed by atoms with Crippen molar-refractivity contribution in [3.8, 4) is 0 Å². The molecule has 254 valence electrons. The molecule has 1 aromatic rings. The van der Waals surface area contributed by atoms with Gasteiger partial charge >= 0.3 is 0 Å². The van der Waals surface area contributed by atoms with E-state index in [1.165, 1.54) is 24.3 Å². The minimum Gasteiger partial charge on any atom is -0.394 e. The molecule has 19 heteroatoms. The molecular formula is C27H42N10O9. The normalized spacial score (nSPS) is 16.8. The number of likely N-dealkylation sites (tertiary alicyclic amines) is 1. The lowest BCUT2D eigenvalue weighted by Gasteiger charge is -2.27. The minimum atomic E-state index is -1.58. The first-order valence-corrected chi connectivity index (χ1v) is 14.6. The van der Waals surface area contributed by atoms with Crippen molar-refractivity contribution in [3.05, 3.63) is 18.2 Å². The van der Waals surface area contributed by atoms with Gasteiger partial charge in [-0.15, -0.1) is 0 Å². The Morgan fingerprint density at radius 3 is 2.22 bits per heavy atom. The fourth-order valence-corrected chi connectivity index (χ4v) is 4.73. The van der Waals surface area contributed by atoms with Gasteiger partial charge in [0, 0.05) is 19.9 Å². The number of hydrogen-bond donors (Lipinski definition) is 9. The van der Waals surface area contributed by atoms with Gasteiger partial charge in [0.15, 0.2) is 0 Å². The third-order valence-electron chi connectivity index (χ3n) is 7.13. The van der Waals surface area contributed by atoms with Crippen molar-refractivity contribution >= 4 is 47.3 Å². The molecule has 0 aliphatic carbocycles. The molecule has 1 aliphatic heterocycles. The summed E-state index contributed by atoms with van der Waals surface area (Å²) in [6, 6.07) is -6.11. The van der Waals surface area contributed by atoms with Crippen LogP contribution in [-0.4, -0.2) is 111 Å². The smallest absolute Gasteiger partial charge is 0.249 e. The number of nitrogens with two attached hydrogens (primary N) is 2. The van der Waals surface area contributed by atoms with Crippen molar-refractivity contribution < 1.29 is 43.5 Å². The maximum absolute atomic E-state index is 13.1. The van der Waals surface area contributed by atoms with Gasteiger partial charge in [-0.1, -0.05) is 13.8 Å². The Morgan fingerprint density at radius 2 is 1.67 bits per heavy atom. The summed E-state index contributed by atoms with van der Waals surface area (Å²) in [7, 11) is 0. The van der Waals surface area contributed by atoms with Gasteiger partial charge < -0.3 is 53.0 Å². The van der Waals surface area contributed by atoms with E-state index in [0.717, 1.165) is 0 Å². The van der Waals surface area contributed by atoms with Crippen LogP contribution >= 0.6 is 0 Å². The van der Waals surface area contributed by atoms with Crippen molar-refractivity contribution in [2.45, 2.75) is 76.7 Å². The van der Waals surface area contributed by atoms with Crippen LogP contribution in [-0.2, 0) is 38.4 Å². The first kappa shape index (κ1) is 37.1. The summed E-state index contributed by atoms with van der Waals surface area (Å²) < 4.78 is 0. The molecule has 0 radical (unpaired) electrons. The monoisotopic (exact) mass is 650 g/mol. The first-order chi connectivity index (χ1) is 21.7. The van der Waals surface area contributed by atoms with Gasteiger partial charge in [0.05, 0.1) is 31.4 Å². The zero-order valence-corrected chi connectivity index (χ0v) is 25.8. The Hall–Kier alpha value is -5.07. The SMILES string of the molecule is CC(=O)NC(C(=O)N[C@@H](CCC(N)=O)C(=O)N[C@@H](CO)C(=O)NCC(=O)N1CCC[C@H]1C(=O)N[C@H](C(N)=O)C(C)C)c1cnc[nH]1. The molecule has 11 N–H and O–H groups in total. The largest absolute Gasteiger partial charge is 0.394 e. The molecule has 0 aromatic carbocycles. The second-order valence-electron chi connectivity index (χ2n) is 11.0. The molecule has 19 nitrogen and oxygen atoms in total. The van der Waals surface area contributed by atoms with Gasteiger partial charge in [0.25, 0.3) is 0 Å². The number of primary amides is 2. The van der Waals surface area contributed by atoms with E-state index in [0.29, 0.717) is 12.8 Å². The molecule has 8 amide bonds. The molecule has 1 aromatic heterocycles. The number of rotatable bonds is 17. The Morgan fingerprint density at radius 1 is 1.00 bits per heavy atom. The second kappa shape index (κ2) is 17.4. The summed E-state index contributed by atoms with van der Waals surface area (Å²) in [5.74, 6) is -6.29. The number of carbonyl (C=O) groups is 8. The molecule has 1 aliphatic rings. The zero-order valence-electron chi connectivity index (χ0n) is 25.8. The first-order valence-electron chi connectivity index (χ1n) is 14.6. The highest BCUT2D eigenvalue weighted by atomic mass is 16.3. The molecule has 2 rings (SSSR count). The molecule has 2 heterocycles. The minimum absolute atomic E-state index is 0.198. The summed E-state index contributed by atoms with van der Waals surface area (Å²) in [5, 5.41) is 21.8. The van der Waals surface area contributed by atoms with E-state index in [2.05, 4.69) is 36.6 Å². The number of imidazole rings is 1. The second-order valence-corrected chi connectivity index (χ2v) is 11.0. The maximum atomic E-state index is 13.1. The van der Waals surface area contributed by atoms with Crippen LogP contribution in [0.3, 0.4) is 0 Å². The van der Waals surface area contributed by atoms with Gasteiger partial charge in [-0.2, -0.15) is 0 Å². The van der Waals surface area contributed by atoms with Crippen molar-refractivity contribution in [3.63, 3.8) is 0 Å². The summed E-state index contributed by atoms with van der Waals surface area (Å²) in [4.78, 5) is 107. The standard InChI is InChI=1S/C27H42N10O9/c1-13(2)21(23(29)42)36-26(45)18-5-4-8-37(18)20(41)10-31-24(43)17(11-38)35-25(44)15(6-7-19(28)40)34-27(46)22(33-14(3)39)16-9-30-12-32-16/h9,12-13,15,17-18,21-22,38H,4-8,10-11H2,1-3H3,(H2,28,40)(H2,29,42)(H,30,32)(H,31,43)(H,33,39)(H,34,46)(H,35,44)(H,36,45)/t15-,17-,18-,21-,22?/m0/s1. The van der Waals surface area contributed by atoms with Crippen molar-refractivity contribution in [2.75, 3.05) is 19.7 Å². The Bertz CT molecular complexity index is 1290. The Kier molecular flexibility index (Phi) is 14.1. The summed E-state index contributed by atoms with van der Waals surface area (Å²) in [6.45, 7) is 3.32. The number of aliphatic hydroxyl groups excluding tert-OH is 1. The van der Waals surface area contributed by atoms with Crippen molar-refractivity contribution in [1.29, 1.82) is 0 Å². The van der Waals surface area contributed by atoms with Crippen LogP contribution in [0.15, 0.2) is 12.5 Å². The van der Waals surface area contributed by atoms with Gasteiger partial charge in [0.2, 0.25) is 47.3 Å². The molecule has 5 atom stereocenters. The molecule has 0 spiro atoms. The van der Waals surface area contributed by atoms with Gasteiger partial charge in [-0.05, 0) is 25.2 Å². The molecule has 1 unspecified atom stereocenters. The van der Waals surface area contributed by atoms with Crippen LogP contribution in [0, 0.1) is 5.92 Å². The molecule has 1 fully saturated rings. The van der Waals surface area contributed by atoms with Crippen LogP contribution in [0.4, 0.5) is 0 Å². The third-order valence-corrected chi connectivity index (χ3v) is 7.13. The van der Waals surface area contributed by atoms with E-state index >= 15 is 0 Å². The van der Waals surface area contributed by atoms with E-state index < -0.39 is 90.6 Å². The number of H-pyrrole nitrogens is 1. The average Bonchev–Trinajstić information content (AvgIpc) is 3.70.